The first-order valence-electron chi connectivity index (χ1n) is 13.1. The number of benzene rings is 2. The van der Waals surface area contributed by atoms with Gasteiger partial charge in [-0.2, -0.15) is 5.10 Å². The smallest absolute Gasteiger partial charge is 0.161 e. The first-order valence-corrected chi connectivity index (χ1v) is 13.1. The minimum absolute atomic E-state index is 0.203. The normalized spacial score (nSPS) is 14.2. The molecule has 2 aromatic carbocycles. The Morgan fingerprint density at radius 1 is 0.821 bits per heavy atom. The minimum atomic E-state index is 0.203. The highest BCUT2D eigenvalue weighted by molar-refractivity contribution is 5.96. The van der Waals surface area contributed by atoms with Crippen LogP contribution in [0.3, 0.4) is 0 Å². The molecule has 1 aliphatic rings. The number of nitrogens with one attached hydrogen (secondary N) is 3. The van der Waals surface area contributed by atoms with Crippen molar-refractivity contribution in [3.63, 3.8) is 0 Å². The maximum absolute atomic E-state index is 6.21. The van der Waals surface area contributed by atoms with Gasteiger partial charge in [-0.25, -0.2) is 9.97 Å². The number of hydrogen-bond acceptors (Lipinski definition) is 7. The number of hydrogen-bond donors (Lipinski definition) is 3. The Hall–Kier alpha value is -4.76. The van der Waals surface area contributed by atoms with Gasteiger partial charge in [-0.15, -0.1) is 0 Å². The highest BCUT2D eigenvalue weighted by Gasteiger charge is 2.18. The second kappa shape index (κ2) is 9.85. The van der Waals surface area contributed by atoms with Crippen LogP contribution in [0.25, 0.3) is 56.0 Å². The third-order valence-electron chi connectivity index (χ3n) is 7.12. The zero-order valence-electron chi connectivity index (χ0n) is 21.4. The number of rotatable bonds is 6. The number of para-hydroxylation sites is 1. The molecule has 0 atom stereocenters. The first kappa shape index (κ1) is 23.4. The van der Waals surface area contributed by atoms with Crippen molar-refractivity contribution in [2.45, 2.75) is 18.9 Å². The Morgan fingerprint density at radius 3 is 2.59 bits per heavy atom. The van der Waals surface area contributed by atoms with E-state index in [2.05, 4.69) is 37.6 Å². The van der Waals surface area contributed by atoms with Gasteiger partial charge in [-0.05, 0) is 67.9 Å². The second-order valence-electron chi connectivity index (χ2n) is 9.66. The van der Waals surface area contributed by atoms with Crippen molar-refractivity contribution in [1.29, 1.82) is 0 Å². The Morgan fingerprint density at radius 2 is 1.69 bits per heavy atom. The summed E-state index contributed by atoms with van der Waals surface area (Å²) in [6, 6.07) is 20.0. The quantitative estimate of drug-likeness (QED) is 0.272. The van der Waals surface area contributed by atoms with Gasteiger partial charge >= 0.3 is 0 Å². The van der Waals surface area contributed by atoms with Crippen LogP contribution in [0.4, 0.5) is 0 Å². The average molecular weight is 518 g/mol. The third kappa shape index (κ3) is 4.46. The van der Waals surface area contributed by atoms with E-state index in [0.717, 1.165) is 81.9 Å². The van der Waals surface area contributed by atoms with Gasteiger partial charge in [0, 0.05) is 17.3 Å². The van der Waals surface area contributed by atoms with Crippen molar-refractivity contribution >= 4 is 22.1 Å². The molecule has 7 rings (SSSR count). The molecule has 9 nitrogen and oxygen atoms in total. The number of imidazole rings is 1. The van der Waals surface area contributed by atoms with Gasteiger partial charge in [0.15, 0.2) is 11.5 Å². The summed E-state index contributed by atoms with van der Waals surface area (Å²) in [5, 5.41) is 11.0. The summed E-state index contributed by atoms with van der Waals surface area (Å²) in [4.78, 5) is 17.8. The van der Waals surface area contributed by atoms with E-state index in [-0.39, 0.29) is 6.10 Å². The molecule has 0 unspecified atom stereocenters. The predicted molar refractivity (Wildman–Crippen MR) is 151 cm³/mol. The zero-order chi connectivity index (χ0) is 26.2. The van der Waals surface area contributed by atoms with E-state index in [1.165, 1.54) is 0 Å². The molecular weight excluding hydrogens is 490 g/mol. The summed E-state index contributed by atoms with van der Waals surface area (Å²) in [5.74, 6) is 2.21. The Labute approximate surface area is 224 Å². The van der Waals surface area contributed by atoms with E-state index in [0.29, 0.717) is 11.5 Å². The van der Waals surface area contributed by atoms with Gasteiger partial charge in [0.05, 0.1) is 35.6 Å². The van der Waals surface area contributed by atoms with Crippen LogP contribution in [0, 0.1) is 0 Å². The molecule has 0 radical (unpaired) electrons. The first-order chi connectivity index (χ1) is 19.2. The molecule has 0 saturated carbocycles. The molecule has 6 aromatic rings. The standard InChI is InChI=1S/C30H27N7O2/c1-38-21-5-2-4-18(14-21)23-6-3-7-25-27(23)35-30(34-25)29-28-26(36-37-29)9-8-24(33-28)19-15-22(17-32-16-19)39-20-10-12-31-13-11-20/h2-9,14-17,20,31H,10-13H2,1H3,(H,34,35)(H,36,37). The molecule has 1 fully saturated rings. The van der Waals surface area contributed by atoms with Crippen molar-refractivity contribution in [1.82, 2.24) is 35.5 Å². The molecule has 5 heterocycles. The number of ether oxygens (including phenoxy) is 2. The van der Waals surface area contributed by atoms with Crippen molar-refractivity contribution in [2.24, 2.45) is 0 Å². The number of H-pyrrole nitrogens is 2. The number of pyridine rings is 2. The van der Waals surface area contributed by atoms with Crippen LogP contribution < -0.4 is 14.8 Å². The molecule has 1 aliphatic heterocycles. The maximum Gasteiger partial charge on any atom is 0.161 e. The topological polar surface area (TPSA) is 114 Å². The van der Waals surface area contributed by atoms with Gasteiger partial charge < -0.3 is 19.8 Å². The molecule has 194 valence electrons. The van der Waals surface area contributed by atoms with Crippen LogP contribution in [0.1, 0.15) is 12.8 Å². The van der Waals surface area contributed by atoms with E-state index in [1.807, 2.05) is 54.7 Å². The van der Waals surface area contributed by atoms with Crippen molar-refractivity contribution in [2.75, 3.05) is 20.2 Å². The van der Waals surface area contributed by atoms with E-state index < -0.39 is 0 Å². The van der Waals surface area contributed by atoms with Gasteiger partial charge in [0.1, 0.15) is 23.1 Å². The number of aromatic nitrogens is 6. The van der Waals surface area contributed by atoms with Crippen LogP contribution in [0.15, 0.2) is 73.1 Å². The van der Waals surface area contributed by atoms with Gasteiger partial charge in [-0.3, -0.25) is 10.1 Å². The Bertz CT molecular complexity index is 1790. The molecule has 1 saturated heterocycles. The average Bonchev–Trinajstić information content (AvgIpc) is 3.61. The third-order valence-corrected chi connectivity index (χ3v) is 7.12. The van der Waals surface area contributed by atoms with Crippen molar-refractivity contribution in [3.05, 3.63) is 73.1 Å². The molecule has 4 aromatic heterocycles. The van der Waals surface area contributed by atoms with Crippen LogP contribution in [-0.4, -0.2) is 56.4 Å². The lowest BCUT2D eigenvalue weighted by Gasteiger charge is -2.23. The summed E-state index contributed by atoms with van der Waals surface area (Å²) in [7, 11) is 1.67. The fourth-order valence-corrected chi connectivity index (χ4v) is 5.12. The minimum Gasteiger partial charge on any atom is -0.497 e. The number of fused-ring (bicyclic) bond motifs is 2. The van der Waals surface area contributed by atoms with E-state index in [1.54, 1.807) is 13.3 Å². The van der Waals surface area contributed by atoms with Crippen LogP contribution in [-0.2, 0) is 0 Å². The summed E-state index contributed by atoms with van der Waals surface area (Å²) >= 11 is 0. The van der Waals surface area contributed by atoms with Crippen LogP contribution >= 0.6 is 0 Å². The highest BCUT2D eigenvalue weighted by atomic mass is 16.5. The highest BCUT2D eigenvalue weighted by Crippen LogP contribution is 2.33. The summed E-state index contributed by atoms with van der Waals surface area (Å²) in [6.45, 7) is 1.95. The Balaban J connectivity index is 1.25. The number of aromatic amines is 2. The molecule has 3 N–H and O–H groups in total. The van der Waals surface area contributed by atoms with Crippen LogP contribution in [0.2, 0.25) is 0 Å². The molecular formula is C30H27N7O2. The van der Waals surface area contributed by atoms with Gasteiger partial charge in [-0.1, -0.05) is 24.3 Å². The molecule has 0 aliphatic carbocycles. The van der Waals surface area contributed by atoms with Gasteiger partial charge in [0.2, 0.25) is 0 Å². The lowest BCUT2D eigenvalue weighted by Crippen LogP contribution is -2.34. The van der Waals surface area contributed by atoms with Crippen molar-refractivity contribution < 1.29 is 9.47 Å². The van der Waals surface area contributed by atoms with Crippen LogP contribution in [0.5, 0.6) is 11.5 Å². The number of nitrogens with zero attached hydrogens (tertiary/aromatic N) is 4. The largest absolute Gasteiger partial charge is 0.497 e. The molecule has 0 bridgehead atoms. The fraction of sp³-hybridized carbons (Fsp3) is 0.200. The number of piperidine rings is 1. The zero-order valence-corrected chi connectivity index (χ0v) is 21.4. The van der Waals surface area contributed by atoms with Gasteiger partial charge in [0.25, 0.3) is 0 Å². The predicted octanol–water partition coefficient (Wildman–Crippen LogP) is 5.37. The maximum atomic E-state index is 6.21. The summed E-state index contributed by atoms with van der Waals surface area (Å²) in [6.07, 6.45) is 5.76. The lowest BCUT2D eigenvalue weighted by molar-refractivity contribution is 0.162. The number of methoxy groups -OCH3 is 1. The Kier molecular flexibility index (Phi) is 5.90. The SMILES string of the molecule is COc1cccc(-c2cccc3[nH]c(-c4n[nH]c5ccc(-c6cncc(OC7CCNCC7)c6)nc45)nc23)c1. The fourth-order valence-electron chi connectivity index (χ4n) is 5.12. The molecule has 0 amide bonds. The lowest BCUT2D eigenvalue weighted by atomic mass is 10.0. The molecule has 0 spiro atoms. The molecule has 39 heavy (non-hydrogen) atoms. The molecule has 9 heteroatoms. The second-order valence-corrected chi connectivity index (χ2v) is 9.66. The van der Waals surface area contributed by atoms with E-state index >= 15 is 0 Å². The summed E-state index contributed by atoms with van der Waals surface area (Å²) < 4.78 is 11.6. The van der Waals surface area contributed by atoms with E-state index in [4.69, 9.17) is 19.4 Å². The monoisotopic (exact) mass is 517 g/mol. The van der Waals surface area contributed by atoms with E-state index in [9.17, 15) is 0 Å². The van der Waals surface area contributed by atoms with Crippen molar-refractivity contribution in [3.8, 4) is 45.4 Å². The summed E-state index contributed by atoms with van der Waals surface area (Å²) in [5.41, 5.74) is 7.74.